The fourth-order valence-electron chi connectivity index (χ4n) is 2.77. The average Bonchev–Trinajstić information content (AvgIpc) is 3.12. The number of benzene rings is 1. The molecule has 1 amide bonds. The third-order valence-corrected chi connectivity index (χ3v) is 3.96. The van der Waals surface area contributed by atoms with Gasteiger partial charge in [0.15, 0.2) is 5.82 Å². The maximum absolute atomic E-state index is 13.0. The number of carbonyl (C=O) groups excluding carboxylic acids is 1. The molecule has 0 saturated carbocycles. The van der Waals surface area contributed by atoms with Gasteiger partial charge in [-0.25, -0.2) is 14.7 Å². The Balaban J connectivity index is 1.80. The average molecular weight is 348 g/mol. The summed E-state index contributed by atoms with van der Waals surface area (Å²) in [6.45, 7) is 0.632. The number of aliphatic imine (C=N–C) groups is 1. The Labute approximate surface area is 149 Å². The molecule has 8 nitrogen and oxygen atoms in total. The predicted octanol–water partition coefficient (Wildman–Crippen LogP) is 2.29. The molecule has 1 aliphatic heterocycles. The van der Waals surface area contributed by atoms with Gasteiger partial charge in [0.05, 0.1) is 25.3 Å². The molecular weight excluding hydrogens is 332 g/mol. The largest absolute Gasteiger partial charge is 0.480 e. The highest BCUT2D eigenvalue weighted by molar-refractivity contribution is 6.08. The van der Waals surface area contributed by atoms with E-state index in [0.717, 1.165) is 5.56 Å². The standard InChI is InChI=1S/C18H16N6O2/c1-26-18-15(17(25)23-13-5-3-2-4-6-13)14(7-8-20-18)24-16-12(10-22-24)9-19-11-21-16/h2-8,10-11H,9H2,1H3,(H,19,21)(H,23,25). The van der Waals surface area contributed by atoms with Crippen LogP contribution >= 0.6 is 0 Å². The van der Waals surface area contributed by atoms with Gasteiger partial charge in [0.2, 0.25) is 5.88 Å². The number of nitrogens with one attached hydrogen (secondary N) is 2. The lowest BCUT2D eigenvalue weighted by Crippen LogP contribution is -2.18. The molecule has 130 valence electrons. The minimum atomic E-state index is -0.335. The second kappa shape index (κ2) is 6.67. The summed E-state index contributed by atoms with van der Waals surface area (Å²) in [6, 6.07) is 10.9. The van der Waals surface area contributed by atoms with Gasteiger partial charge in [-0.1, -0.05) is 18.2 Å². The van der Waals surface area contributed by atoms with Crippen LogP contribution in [0.15, 0.2) is 53.8 Å². The molecule has 0 unspecified atom stereocenters. The second-order valence-electron chi connectivity index (χ2n) is 5.58. The fourth-order valence-corrected chi connectivity index (χ4v) is 2.77. The molecule has 1 aromatic carbocycles. The minimum Gasteiger partial charge on any atom is -0.480 e. The highest BCUT2D eigenvalue weighted by Gasteiger charge is 2.23. The van der Waals surface area contributed by atoms with Gasteiger partial charge in [-0.3, -0.25) is 4.79 Å². The second-order valence-corrected chi connectivity index (χ2v) is 5.58. The number of hydrogen-bond acceptors (Lipinski definition) is 6. The van der Waals surface area contributed by atoms with Gasteiger partial charge >= 0.3 is 0 Å². The molecule has 3 aromatic rings. The number of pyridine rings is 1. The summed E-state index contributed by atoms with van der Waals surface area (Å²) >= 11 is 0. The van der Waals surface area contributed by atoms with Crippen LogP contribution in [0.2, 0.25) is 0 Å². The van der Waals surface area contributed by atoms with Crippen molar-refractivity contribution < 1.29 is 9.53 Å². The minimum absolute atomic E-state index is 0.220. The summed E-state index contributed by atoms with van der Waals surface area (Å²) in [6.07, 6.45) is 4.92. The molecule has 26 heavy (non-hydrogen) atoms. The molecule has 0 aliphatic carbocycles. The van der Waals surface area contributed by atoms with Gasteiger partial charge in [0, 0.05) is 24.0 Å². The Hall–Kier alpha value is -3.68. The van der Waals surface area contributed by atoms with Gasteiger partial charge in [-0.05, 0) is 18.2 Å². The summed E-state index contributed by atoms with van der Waals surface area (Å²) in [7, 11) is 1.48. The van der Waals surface area contributed by atoms with E-state index in [4.69, 9.17) is 4.74 Å². The van der Waals surface area contributed by atoms with E-state index in [1.54, 1.807) is 29.5 Å². The van der Waals surface area contributed by atoms with E-state index >= 15 is 0 Å². The van der Waals surface area contributed by atoms with Crippen molar-refractivity contribution in [3.05, 3.63) is 59.9 Å². The van der Waals surface area contributed by atoms with Crippen molar-refractivity contribution in [2.75, 3.05) is 12.4 Å². The van der Waals surface area contributed by atoms with Crippen molar-refractivity contribution in [2.24, 2.45) is 4.99 Å². The van der Waals surface area contributed by atoms with Gasteiger partial charge in [-0.15, -0.1) is 0 Å². The van der Waals surface area contributed by atoms with Gasteiger partial charge in [-0.2, -0.15) is 5.10 Å². The van der Waals surface area contributed by atoms with E-state index in [9.17, 15) is 4.79 Å². The number of ether oxygens (including phenoxy) is 1. The normalized spacial score (nSPS) is 12.2. The lowest BCUT2D eigenvalue weighted by Gasteiger charge is -2.15. The number of fused-ring (bicyclic) bond motifs is 1. The first-order chi connectivity index (χ1) is 12.8. The number of rotatable bonds is 4. The van der Waals surface area contributed by atoms with E-state index in [1.807, 2.05) is 30.3 Å². The number of amides is 1. The predicted molar refractivity (Wildman–Crippen MR) is 97.3 cm³/mol. The van der Waals surface area contributed by atoms with Crippen LogP contribution < -0.4 is 15.4 Å². The van der Waals surface area contributed by atoms with Crippen LogP contribution in [0.1, 0.15) is 15.9 Å². The van der Waals surface area contributed by atoms with Crippen LogP contribution in [-0.4, -0.2) is 34.1 Å². The van der Waals surface area contributed by atoms with Crippen LogP contribution in [0, 0.1) is 0 Å². The van der Waals surface area contributed by atoms with E-state index in [1.165, 1.54) is 7.11 Å². The summed E-state index contributed by atoms with van der Waals surface area (Å²) in [5.74, 6) is 0.558. The van der Waals surface area contributed by atoms with Crippen LogP contribution in [0.5, 0.6) is 5.88 Å². The summed E-state index contributed by atoms with van der Waals surface area (Å²) < 4.78 is 6.94. The maximum atomic E-state index is 13.0. The van der Waals surface area contributed by atoms with E-state index in [2.05, 4.69) is 25.7 Å². The smallest absolute Gasteiger partial charge is 0.263 e. The zero-order valence-corrected chi connectivity index (χ0v) is 14.0. The van der Waals surface area contributed by atoms with Crippen molar-refractivity contribution in [3.8, 4) is 11.6 Å². The molecule has 3 heterocycles. The Kier molecular flexibility index (Phi) is 4.06. The van der Waals surface area contributed by atoms with Crippen molar-refractivity contribution >= 4 is 23.8 Å². The van der Waals surface area contributed by atoms with Gasteiger partial charge in [0.25, 0.3) is 5.91 Å². The first kappa shape index (κ1) is 15.8. The third kappa shape index (κ3) is 2.77. The summed E-state index contributed by atoms with van der Waals surface area (Å²) in [5.41, 5.74) is 2.46. The van der Waals surface area contributed by atoms with Crippen LogP contribution in [0.25, 0.3) is 5.69 Å². The SMILES string of the molecule is COc1nccc(-n2ncc3c2N=CNC3)c1C(=O)Nc1ccccc1. The quantitative estimate of drug-likeness (QED) is 0.754. The fraction of sp³-hybridized carbons (Fsp3) is 0.111. The lowest BCUT2D eigenvalue weighted by atomic mass is 10.2. The number of nitrogens with zero attached hydrogens (tertiary/aromatic N) is 4. The monoisotopic (exact) mass is 348 g/mol. The Morgan fingerprint density at radius 1 is 1.27 bits per heavy atom. The van der Waals surface area contributed by atoms with Crippen LogP contribution in [0.3, 0.4) is 0 Å². The molecule has 2 aromatic heterocycles. The number of para-hydroxylation sites is 1. The summed E-state index contributed by atoms with van der Waals surface area (Å²) in [5, 5.41) is 10.3. The number of aromatic nitrogens is 3. The summed E-state index contributed by atoms with van der Waals surface area (Å²) in [4.78, 5) is 21.5. The molecule has 8 heteroatoms. The number of methoxy groups -OCH3 is 1. The van der Waals surface area contributed by atoms with Crippen molar-refractivity contribution in [3.63, 3.8) is 0 Å². The van der Waals surface area contributed by atoms with E-state index in [0.29, 0.717) is 29.3 Å². The zero-order chi connectivity index (χ0) is 17.9. The Morgan fingerprint density at radius 3 is 2.92 bits per heavy atom. The number of carbonyl (C=O) groups is 1. The molecule has 0 bridgehead atoms. The molecule has 0 fully saturated rings. The topological polar surface area (TPSA) is 93.4 Å². The van der Waals surface area contributed by atoms with Crippen LogP contribution in [-0.2, 0) is 6.54 Å². The van der Waals surface area contributed by atoms with Crippen molar-refractivity contribution in [2.45, 2.75) is 6.54 Å². The number of anilines is 1. The van der Waals surface area contributed by atoms with Gasteiger partial charge in [0.1, 0.15) is 5.56 Å². The first-order valence-electron chi connectivity index (χ1n) is 8.00. The molecular formula is C18H16N6O2. The Bertz CT molecular complexity index is 981. The van der Waals surface area contributed by atoms with E-state index in [-0.39, 0.29) is 11.8 Å². The zero-order valence-electron chi connectivity index (χ0n) is 14.0. The highest BCUT2D eigenvalue weighted by atomic mass is 16.5. The highest BCUT2D eigenvalue weighted by Crippen LogP contribution is 2.30. The van der Waals surface area contributed by atoms with Gasteiger partial charge < -0.3 is 15.4 Å². The maximum Gasteiger partial charge on any atom is 0.263 e. The molecule has 1 aliphatic rings. The first-order valence-corrected chi connectivity index (χ1v) is 8.00. The van der Waals surface area contributed by atoms with Crippen molar-refractivity contribution in [1.29, 1.82) is 0 Å². The third-order valence-electron chi connectivity index (χ3n) is 3.96. The Morgan fingerprint density at radius 2 is 2.12 bits per heavy atom. The molecule has 4 rings (SSSR count). The molecule has 0 atom stereocenters. The number of hydrogen-bond donors (Lipinski definition) is 2. The molecule has 0 radical (unpaired) electrons. The van der Waals surface area contributed by atoms with Crippen molar-refractivity contribution in [1.82, 2.24) is 20.1 Å². The molecule has 0 saturated heterocycles. The molecule has 2 N–H and O–H groups in total. The van der Waals surface area contributed by atoms with E-state index < -0.39 is 0 Å². The van der Waals surface area contributed by atoms with Crippen LogP contribution in [0.4, 0.5) is 11.5 Å². The lowest BCUT2D eigenvalue weighted by molar-refractivity contribution is 0.102. The molecule has 0 spiro atoms.